The molecule has 1 heterocycles. The van der Waals surface area contributed by atoms with Crippen LogP contribution in [0.25, 0.3) is 0 Å². The zero-order valence-electron chi connectivity index (χ0n) is 13.8. The molecule has 25 heavy (non-hydrogen) atoms. The number of aliphatic imine (C=N–C) groups is 1. The first kappa shape index (κ1) is 17.4. The van der Waals surface area contributed by atoms with Crippen molar-refractivity contribution in [2.24, 2.45) is 10.9 Å². The highest BCUT2D eigenvalue weighted by Gasteiger charge is 2.15. The third kappa shape index (κ3) is 4.35. The van der Waals surface area contributed by atoms with Crippen LogP contribution >= 0.6 is 0 Å². The van der Waals surface area contributed by atoms with E-state index in [0.29, 0.717) is 16.9 Å². The second kappa shape index (κ2) is 7.63. The summed E-state index contributed by atoms with van der Waals surface area (Å²) in [7, 11) is -1.43. The topological polar surface area (TPSA) is 90.1 Å². The van der Waals surface area contributed by atoms with E-state index in [4.69, 9.17) is 15.2 Å². The van der Waals surface area contributed by atoms with Gasteiger partial charge >= 0.3 is 13.1 Å². The van der Waals surface area contributed by atoms with Crippen LogP contribution < -0.4 is 5.46 Å². The minimum atomic E-state index is -1.43. The van der Waals surface area contributed by atoms with E-state index < -0.39 is 13.1 Å². The van der Waals surface area contributed by atoms with Crippen LogP contribution in [0.15, 0.2) is 47.5 Å². The molecule has 5 nitrogen and oxygen atoms in total. The van der Waals surface area contributed by atoms with Crippen LogP contribution in [0.2, 0.25) is 0 Å². The molecule has 6 heteroatoms. The molecule has 2 aromatic carbocycles. The molecule has 0 aromatic heterocycles. The minimum absolute atomic E-state index is 0.304. The number of carboxylic acid groups (broad SMARTS) is 1. The Hall–Kier alpha value is -2.44. The van der Waals surface area contributed by atoms with Gasteiger partial charge < -0.3 is 15.2 Å². The van der Waals surface area contributed by atoms with Gasteiger partial charge in [0.2, 0.25) is 0 Å². The summed E-state index contributed by atoms with van der Waals surface area (Å²) in [6.45, 7) is 0. The molecule has 128 valence electrons. The third-order valence-electron chi connectivity index (χ3n) is 4.62. The highest BCUT2D eigenvalue weighted by molar-refractivity contribution is 6.58. The number of rotatable bonds is 5. The SMILES string of the molecule is O=C(O)c1ccc2c(c1)CCC(CCc1ccc(B(O)O)cc1)C=N2. The Morgan fingerprint density at radius 1 is 1.16 bits per heavy atom. The number of carbonyl (C=O) groups is 1. The standard InChI is InChI=1S/C19H20BNO4/c22-19(23)16-7-10-18-15(11-16)6-3-14(12-21-18)2-1-13-4-8-17(9-5-13)20(24)25/h4-5,7-12,14,24-25H,1-3,6H2,(H,22,23). The number of nitrogens with zero attached hydrogens (tertiary/aromatic N) is 1. The lowest BCUT2D eigenvalue weighted by Crippen LogP contribution is -2.29. The van der Waals surface area contributed by atoms with Gasteiger partial charge in [0.25, 0.3) is 0 Å². The normalized spacial score (nSPS) is 16.2. The van der Waals surface area contributed by atoms with Gasteiger partial charge in [-0.3, -0.25) is 4.99 Å². The molecule has 0 aliphatic carbocycles. The van der Waals surface area contributed by atoms with E-state index >= 15 is 0 Å². The third-order valence-corrected chi connectivity index (χ3v) is 4.62. The molecule has 0 fully saturated rings. The number of carboxylic acids is 1. The number of hydrogen-bond acceptors (Lipinski definition) is 4. The Morgan fingerprint density at radius 2 is 1.92 bits per heavy atom. The lowest BCUT2D eigenvalue weighted by Gasteiger charge is -2.10. The number of hydrogen-bond donors (Lipinski definition) is 3. The smallest absolute Gasteiger partial charge is 0.478 e. The van der Waals surface area contributed by atoms with Gasteiger partial charge in [-0.25, -0.2) is 4.79 Å². The molecular weight excluding hydrogens is 317 g/mol. The Morgan fingerprint density at radius 3 is 2.60 bits per heavy atom. The number of aromatic carboxylic acids is 1. The Kier molecular flexibility index (Phi) is 5.31. The molecule has 1 atom stereocenters. The molecule has 0 bridgehead atoms. The minimum Gasteiger partial charge on any atom is -0.478 e. The summed E-state index contributed by atoms with van der Waals surface area (Å²) in [6.07, 6.45) is 5.56. The number of benzene rings is 2. The fourth-order valence-electron chi connectivity index (χ4n) is 3.07. The molecule has 1 unspecified atom stereocenters. The maximum Gasteiger partial charge on any atom is 0.488 e. The molecule has 3 N–H and O–H groups in total. The zero-order chi connectivity index (χ0) is 17.8. The first-order valence-electron chi connectivity index (χ1n) is 8.38. The lowest BCUT2D eigenvalue weighted by molar-refractivity contribution is 0.0696. The lowest BCUT2D eigenvalue weighted by atomic mass is 9.80. The summed E-state index contributed by atoms with van der Waals surface area (Å²) >= 11 is 0. The van der Waals surface area contributed by atoms with Crippen LogP contribution in [-0.2, 0) is 12.8 Å². The van der Waals surface area contributed by atoms with Gasteiger partial charge in [0, 0.05) is 6.21 Å². The monoisotopic (exact) mass is 337 g/mol. The van der Waals surface area contributed by atoms with Gasteiger partial charge in [0.1, 0.15) is 0 Å². The number of fused-ring (bicyclic) bond motifs is 1. The van der Waals surface area contributed by atoms with Crippen LogP contribution in [0.5, 0.6) is 0 Å². The maximum absolute atomic E-state index is 11.1. The van der Waals surface area contributed by atoms with E-state index in [1.54, 1.807) is 30.3 Å². The molecule has 0 saturated heterocycles. The molecule has 0 saturated carbocycles. The van der Waals surface area contributed by atoms with Gasteiger partial charge in [0.15, 0.2) is 0 Å². The summed E-state index contributed by atoms with van der Waals surface area (Å²) in [5, 5.41) is 27.3. The average molecular weight is 337 g/mol. The second-order valence-corrected chi connectivity index (χ2v) is 6.38. The number of aryl methyl sites for hydroxylation is 2. The molecule has 1 aliphatic heterocycles. The summed E-state index contributed by atoms with van der Waals surface area (Å²) in [4.78, 5) is 15.6. The van der Waals surface area contributed by atoms with Gasteiger partial charge in [-0.15, -0.1) is 0 Å². The van der Waals surface area contributed by atoms with Crippen molar-refractivity contribution in [3.05, 3.63) is 59.2 Å². The van der Waals surface area contributed by atoms with Crippen molar-refractivity contribution in [3.63, 3.8) is 0 Å². The van der Waals surface area contributed by atoms with E-state index in [1.165, 1.54) is 0 Å². The first-order valence-corrected chi connectivity index (χ1v) is 8.38. The van der Waals surface area contributed by atoms with Crippen LogP contribution in [0, 0.1) is 5.92 Å². The van der Waals surface area contributed by atoms with Crippen molar-refractivity contribution in [1.82, 2.24) is 0 Å². The molecule has 0 spiro atoms. The molecule has 1 aliphatic rings. The average Bonchev–Trinajstić information content (AvgIpc) is 2.82. The molecular formula is C19H20BNO4. The Bertz CT molecular complexity index is 787. The molecule has 0 amide bonds. The maximum atomic E-state index is 11.1. The zero-order valence-corrected chi connectivity index (χ0v) is 13.8. The summed E-state index contributed by atoms with van der Waals surface area (Å²) in [6, 6.07) is 12.4. The molecule has 0 radical (unpaired) electrons. The fourth-order valence-corrected chi connectivity index (χ4v) is 3.07. The first-order chi connectivity index (χ1) is 12.0. The van der Waals surface area contributed by atoms with E-state index in [-0.39, 0.29) is 0 Å². The van der Waals surface area contributed by atoms with Crippen molar-refractivity contribution in [2.75, 3.05) is 0 Å². The predicted octanol–water partition coefficient (Wildman–Crippen LogP) is 1.96. The van der Waals surface area contributed by atoms with Crippen molar-refractivity contribution in [2.45, 2.75) is 25.7 Å². The summed E-state index contributed by atoms with van der Waals surface area (Å²) in [5.41, 5.74) is 3.78. The van der Waals surface area contributed by atoms with Crippen molar-refractivity contribution >= 4 is 30.5 Å². The van der Waals surface area contributed by atoms with Crippen LogP contribution in [0.3, 0.4) is 0 Å². The van der Waals surface area contributed by atoms with Crippen LogP contribution in [0.4, 0.5) is 5.69 Å². The van der Waals surface area contributed by atoms with Gasteiger partial charge in [-0.2, -0.15) is 0 Å². The van der Waals surface area contributed by atoms with Crippen LogP contribution in [-0.4, -0.2) is 34.5 Å². The van der Waals surface area contributed by atoms with Crippen molar-refractivity contribution < 1.29 is 19.9 Å². The Balaban J connectivity index is 1.61. The van der Waals surface area contributed by atoms with Gasteiger partial charge in [-0.1, -0.05) is 24.3 Å². The molecule has 2 aromatic rings. The van der Waals surface area contributed by atoms with E-state index in [2.05, 4.69) is 4.99 Å². The predicted molar refractivity (Wildman–Crippen MR) is 98.0 cm³/mol. The van der Waals surface area contributed by atoms with Crippen LogP contribution in [0.1, 0.15) is 34.3 Å². The second-order valence-electron chi connectivity index (χ2n) is 6.38. The molecule has 3 rings (SSSR count). The summed E-state index contributed by atoms with van der Waals surface area (Å²) in [5.74, 6) is -0.576. The highest BCUT2D eigenvalue weighted by atomic mass is 16.4. The van der Waals surface area contributed by atoms with Gasteiger partial charge in [-0.05, 0) is 66.4 Å². The van der Waals surface area contributed by atoms with E-state index in [1.807, 2.05) is 18.3 Å². The van der Waals surface area contributed by atoms with Crippen molar-refractivity contribution in [1.29, 1.82) is 0 Å². The highest BCUT2D eigenvalue weighted by Crippen LogP contribution is 2.28. The van der Waals surface area contributed by atoms with E-state index in [0.717, 1.165) is 42.5 Å². The van der Waals surface area contributed by atoms with E-state index in [9.17, 15) is 4.79 Å². The van der Waals surface area contributed by atoms with Gasteiger partial charge in [0.05, 0.1) is 11.3 Å². The largest absolute Gasteiger partial charge is 0.488 e. The fraction of sp³-hybridized carbons (Fsp3) is 0.263. The summed E-state index contributed by atoms with van der Waals surface area (Å²) < 4.78 is 0. The van der Waals surface area contributed by atoms with Crippen molar-refractivity contribution in [3.8, 4) is 0 Å². The Labute approximate surface area is 146 Å². The quantitative estimate of drug-likeness (QED) is 0.728.